The van der Waals surface area contributed by atoms with Gasteiger partial charge in [0.2, 0.25) is 0 Å². The van der Waals surface area contributed by atoms with Crippen LogP contribution in [-0.2, 0) is 0 Å². The predicted molar refractivity (Wildman–Crippen MR) is 115 cm³/mol. The fourth-order valence-electron chi connectivity index (χ4n) is 3.44. The number of nitrogens with zero attached hydrogens (tertiary/aromatic N) is 4. The Kier molecular flexibility index (Phi) is 4.37. The van der Waals surface area contributed by atoms with Gasteiger partial charge in [-0.25, -0.2) is 9.97 Å². The van der Waals surface area contributed by atoms with Crippen molar-refractivity contribution in [2.75, 3.05) is 6.61 Å². The molecule has 0 N–H and O–H groups in total. The monoisotopic (exact) mass is 400 g/mol. The van der Waals surface area contributed by atoms with E-state index in [0.717, 1.165) is 38.9 Å². The fraction of sp³-hybridized carbons (Fsp3) is 0.0870. The Morgan fingerprint density at radius 3 is 2.62 bits per heavy atom. The van der Waals surface area contributed by atoms with Crippen molar-refractivity contribution < 1.29 is 4.74 Å². The summed E-state index contributed by atoms with van der Waals surface area (Å²) in [5.74, 6) is 0. The number of aromatic nitrogens is 4. The van der Waals surface area contributed by atoms with Gasteiger partial charge in [0.1, 0.15) is 11.2 Å². The molecule has 0 fully saturated rings. The van der Waals surface area contributed by atoms with Crippen LogP contribution in [0.4, 0.5) is 0 Å². The molecule has 0 aliphatic heterocycles. The maximum absolute atomic E-state index is 6.41. The molecule has 0 spiro atoms. The maximum atomic E-state index is 6.41. The summed E-state index contributed by atoms with van der Waals surface area (Å²) in [4.78, 5) is 13.8. The number of benzene rings is 2. The van der Waals surface area contributed by atoms with E-state index in [9.17, 15) is 0 Å². The van der Waals surface area contributed by atoms with Crippen LogP contribution in [-0.4, -0.2) is 26.0 Å². The highest BCUT2D eigenvalue weighted by Crippen LogP contribution is 2.33. The van der Waals surface area contributed by atoms with Crippen molar-refractivity contribution >= 4 is 28.0 Å². The van der Waals surface area contributed by atoms with Gasteiger partial charge in [-0.05, 0) is 19.1 Å². The summed E-state index contributed by atoms with van der Waals surface area (Å²) in [6.45, 7) is 2.44. The molecule has 0 aliphatic carbocycles. The lowest BCUT2D eigenvalue weighted by molar-refractivity contribution is 0.311. The summed E-state index contributed by atoms with van der Waals surface area (Å²) < 4.78 is 7.52. The van der Waals surface area contributed by atoms with Crippen LogP contribution in [0.15, 0.2) is 73.1 Å². The minimum atomic E-state index is 0.382. The molecular weight excluding hydrogens is 384 g/mol. The lowest BCUT2D eigenvalue weighted by Gasteiger charge is -2.05. The number of hydrogen-bond donors (Lipinski definition) is 0. The Morgan fingerprint density at radius 2 is 1.79 bits per heavy atom. The SMILES string of the molecule is CCOc1nc(-c2ccc3ccc(-c4ccccc4)nc3c2)c2c(Cl)nccn12. The lowest BCUT2D eigenvalue weighted by Crippen LogP contribution is -1.97. The molecule has 3 heterocycles. The summed E-state index contributed by atoms with van der Waals surface area (Å²) >= 11 is 6.41. The molecule has 0 atom stereocenters. The minimum absolute atomic E-state index is 0.382. The van der Waals surface area contributed by atoms with Crippen LogP contribution in [0.5, 0.6) is 6.01 Å². The minimum Gasteiger partial charge on any atom is -0.465 e. The largest absolute Gasteiger partial charge is 0.465 e. The number of fused-ring (bicyclic) bond motifs is 2. The molecule has 2 aromatic carbocycles. The van der Waals surface area contributed by atoms with Crippen LogP contribution >= 0.6 is 11.6 Å². The van der Waals surface area contributed by atoms with Gasteiger partial charge in [0.15, 0.2) is 5.15 Å². The zero-order valence-electron chi connectivity index (χ0n) is 15.7. The zero-order chi connectivity index (χ0) is 19.8. The molecule has 0 aliphatic rings. The molecule has 3 aromatic heterocycles. The topological polar surface area (TPSA) is 52.3 Å². The third kappa shape index (κ3) is 3.09. The van der Waals surface area contributed by atoms with Gasteiger partial charge in [-0.3, -0.25) is 4.40 Å². The second-order valence-electron chi connectivity index (χ2n) is 6.58. The molecule has 5 nitrogen and oxygen atoms in total. The predicted octanol–water partition coefficient (Wildman–Crippen LogP) is 5.66. The average molecular weight is 401 g/mol. The Labute approximate surface area is 172 Å². The molecule has 0 unspecified atom stereocenters. The van der Waals surface area contributed by atoms with Crippen molar-refractivity contribution in [2.45, 2.75) is 6.92 Å². The molecular formula is C23H17ClN4O. The van der Waals surface area contributed by atoms with Crippen LogP contribution in [0, 0.1) is 0 Å². The van der Waals surface area contributed by atoms with Gasteiger partial charge in [0, 0.05) is 28.9 Å². The number of imidazole rings is 1. The normalized spacial score (nSPS) is 11.2. The highest BCUT2D eigenvalue weighted by molar-refractivity contribution is 6.33. The van der Waals surface area contributed by atoms with Crippen molar-refractivity contribution in [1.29, 1.82) is 0 Å². The van der Waals surface area contributed by atoms with E-state index in [1.165, 1.54) is 0 Å². The first-order chi connectivity index (χ1) is 14.2. The molecule has 142 valence electrons. The second kappa shape index (κ2) is 7.18. The summed E-state index contributed by atoms with van der Waals surface area (Å²) in [7, 11) is 0. The first kappa shape index (κ1) is 17.6. The summed E-state index contributed by atoms with van der Waals surface area (Å²) in [6.07, 6.45) is 3.44. The van der Waals surface area contributed by atoms with E-state index in [0.29, 0.717) is 17.8 Å². The van der Waals surface area contributed by atoms with Crippen molar-refractivity contribution in [1.82, 2.24) is 19.4 Å². The van der Waals surface area contributed by atoms with Crippen molar-refractivity contribution in [2.24, 2.45) is 0 Å². The third-order valence-corrected chi connectivity index (χ3v) is 5.06. The van der Waals surface area contributed by atoms with Crippen LogP contribution in [0.3, 0.4) is 0 Å². The molecule has 0 amide bonds. The molecule has 29 heavy (non-hydrogen) atoms. The first-order valence-corrected chi connectivity index (χ1v) is 9.74. The number of halogens is 1. The quantitative estimate of drug-likeness (QED) is 0.390. The molecule has 0 bridgehead atoms. The Morgan fingerprint density at radius 1 is 0.966 bits per heavy atom. The van der Waals surface area contributed by atoms with E-state index in [2.05, 4.69) is 28.2 Å². The lowest BCUT2D eigenvalue weighted by atomic mass is 10.1. The highest BCUT2D eigenvalue weighted by Gasteiger charge is 2.17. The molecule has 5 rings (SSSR count). The molecule has 0 saturated carbocycles. The zero-order valence-corrected chi connectivity index (χ0v) is 16.5. The summed E-state index contributed by atoms with van der Waals surface area (Å²) in [6, 6.07) is 20.9. The van der Waals surface area contributed by atoms with Crippen LogP contribution in [0.25, 0.3) is 38.9 Å². The van der Waals surface area contributed by atoms with Gasteiger partial charge in [-0.2, -0.15) is 4.98 Å². The van der Waals surface area contributed by atoms with Crippen molar-refractivity contribution in [3.05, 3.63) is 78.2 Å². The van der Waals surface area contributed by atoms with Crippen LogP contribution in [0.2, 0.25) is 5.15 Å². The van der Waals surface area contributed by atoms with Crippen molar-refractivity contribution in [3.63, 3.8) is 0 Å². The number of hydrogen-bond acceptors (Lipinski definition) is 4. The number of pyridine rings is 1. The standard InChI is InChI=1S/C23H17ClN4O/c1-2-29-23-27-20(21-22(24)25-12-13-28(21)23)17-9-8-16-10-11-18(26-19(16)14-17)15-6-4-3-5-7-15/h3-14H,2H2,1H3. The van der Waals surface area contributed by atoms with E-state index < -0.39 is 0 Å². The van der Waals surface area contributed by atoms with E-state index in [-0.39, 0.29) is 0 Å². The smallest absolute Gasteiger partial charge is 0.301 e. The Balaban J connectivity index is 1.69. The number of rotatable bonds is 4. The van der Waals surface area contributed by atoms with Crippen LogP contribution in [0.1, 0.15) is 6.92 Å². The molecule has 0 radical (unpaired) electrons. The van der Waals surface area contributed by atoms with Gasteiger partial charge < -0.3 is 4.74 Å². The maximum Gasteiger partial charge on any atom is 0.301 e. The fourth-order valence-corrected chi connectivity index (χ4v) is 3.68. The third-order valence-electron chi connectivity index (χ3n) is 4.79. The van der Waals surface area contributed by atoms with E-state index in [1.807, 2.05) is 53.8 Å². The molecule has 6 heteroatoms. The molecule has 0 saturated heterocycles. The Hall–Kier alpha value is -3.44. The average Bonchev–Trinajstić information content (AvgIpc) is 3.14. The Bertz CT molecular complexity index is 1330. The van der Waals surface area contributed by atoms with Crippen LogP contribution < -0.4 is 4.74 Å². The van der Waals surface area contributed by atoms with Crippen molar-refractivity contribution in [3.8, 4) is 28.5 Å². The van der Waals surface area contributed by atoms with Gasteiger partial charge in [-0.1, -0.05) is 60.1 Å². The number of ether oxygens (including phenoxy) is 1. The van der Waals surface area contributed by atoms with E-state index >= 15 is 0 Å². The second-order valence-corrected chi connectivity index (χ2v) is 6.94. The molecule has 5 aromatic rings. The van der Waals surface area contributed by atoms with Gasteiger partial charge in [-0.15, -0.1) is 0 Å². The highest BCUT2D eigenvalue weighted by atomic mass is 35.5. The summed E-state index contributed by atoms with van der Waals surface area (Å²) in [5.41, 5.74) is 5.26. The summed E-state index contributed by atoms with van der Waals surface area (Å²) in [5, 5.41) is 1.44. The van der Waals surface area contributed by atoms with Gasteiger partial charge >= 0.3 is 6.01 Å². The first-order valence-electron chi connectivity index (χ1n) is 9.36. The van der Waals surface area contributed by atoms with Gasteiger partial charge in [0.05, 0.1) is 17.8 Å². The van der Waals surface area contributed by atoms with E-state index in [1.54, 1.807) is 12.4 Å². The van der Waals surface area contributed by atoms with E-state index in [4.69, 9.17) is 21.3 Å². The van der Waals surface area contributed by atoms with Gasteiger partial charge in [0.25, 0.3) is 0 Å².